The van der Waals surface area contributed by atoms with Crippen molar-refractivity contribution in [1.29, 1.82) is 0 Å². The maximum Gasteiger partial charge on any atom is 0.237 e. The molecule has 1 aromatic rings. The van der Waals surface area contributed by atoms with Crippen LogP contribution in [0.1, 0.15) is 33.6 Å². The van der Waals surface area contributed by atoms with E-state index in [4.69, 9.17) is 17.3 Å². The Morgan fingerprint density at radius 2 is 1.82 bits per heavy atom. The Labute approximate surface area is 136 Å². The number of nitrogens with two attached hydrogens (primary N) is 1. The molecule has 0 saturated heterocycles. The summed E-state index contributed by atoms with van der Waals surface area (Å²) < 4.78 is 0. The van der Waals surface area contributed by atoms with E-state index in [-0.39, 0.29) is 17.2 Å². The summed E-state index contributed by atoms with van der Waals surface area (Å²) in [6, 6.07) is 6.35. The number of anilines is 1. The van der Waals surface area contributed by atoms with E-state index < -0.39 is 6.04 Å². The lowest BCUT2D eigenvalue weighted by atomic mass is 9.87. The van der Waals surface area contributed by atoms with Crippen molar-refractivity contribution in [3.8, 4) is 0 Å². The molecular weight excluding hydrogens is 302 g/mol. The van der Waals surface area contributed by atoms with Gasteiger partial charge in [0.1, 0.15) is 0 Å². The maximum atomic E-state index is 11.8. The third-order valence-corrected chi connectivity index (χ3v) is 3.48. The molecule has 0 aliphatic rings. The SMILES string of the molecule is CC(C)(C)[C@H](N)C(=O)NCCCC(=O)Nc1ccc(Cl)cc1. The Morgan fingerprint density at radius 1 is 1.23 bits per heavy atom. The fourth-order valence-corrected chi connectivity index (χ4v) is 1.85. The second-order valence-corrected chi connectivity index (χ2v) is 6.73. The Bertz CT molecular complexity index is 509. The average Bonchev–Trinajstić information content (AvgIpc) is 2.44. The number of carbonyl (C=O) groups is 2. The van der Waals surface area contributed by atoms with Crippen molar-refractivity contribution in [3.05, 3.63) is 29.3 Å². The first-order valence-electron chi connectivity index (χ1n) is 7.29. The number of halogens is 1. The first kappa shape index (κ1) is 18.5. The lowest BCUT2D eigenvalue weighted by molar-refractivity contribution is -0.124. The molecule has 0 saturated carbocycles. The molecule has 0 bridgehead atoms. The lowest BCUT2D eigenvalue weighted by Crippen LogP contribution is -2.48. The fraction of sp³-hybridized carbons (Fsp3) is 0.500. The molecule has 1 atom stereocenters. The minimum absolute atomic E-state index is 0.100. The Balaban J connectivity index is 2.25. The molecule has 2 amide bonds. The molecule has 122 valence electrons. The van der Waals surface area contributed by atoms with Crippen LogP contribution in [0.5, 0.6) is 0 Å². The summed E-state index contributed by atoms with van der Waals surface area (Å²) in [7, 11) is 0. The standard InChI is InChI=1S/C16H24ClN3O2/c1-16(2,3)14(18)15(22)19-10-4-5-13(21)20-12-8-6-11(17)7-9-12/h6-9,14H,4-5,10,18H2,1-3H3,(H,19,22)(H,20,21)/t14-/m1/s1. The highest BCUT2D eigenvalue weighted by molar-refractivity contribution is 6.30. The number of nitrogens with one attached hydrogen (secondary N) is 2. The van der Waals surface area contributed by atoms with Crippen molar-refractivity contribution in [1.82, 2.24) is 5.32 Å². The Hall–Kier alpha value is -1.59. The molecule has 22 heavy (non-hydrogen) atoms. The number of benzene rings is 1. The van der Waals surface area contributed by atoms with Gasteiger partial charge in [-0.3, -0.25) is 9.59 Å². The summed E-state index contributed by atoms with van der Waals surface area (Å²) in [5.74, 6) is -0.290. The summed E-state index contributed by atoms with van der Waals surface area (Å²) in [5.41, 5.74) is 6.27. The van der Waals surface area contributed by atoms with E-state index in [0.29, 0.717) is 30.1 Å². The third-order valence-electron chi connectivity index (χ3n) is 3.22. The van der Waals surface area contributed by atoms with Gasteiger partial charge >= 0.3 is 0 Å². The smallest absolute Gasteiger partial charge is 0.237 e. The second-order valence-electron chi connectivity index (χ2n) is 6.29. The molecule has 0 spiro atoms. The lowest BCUT2D eigenvalue weighted by Gasteiger charge is -2.25. The van der Waals surface area contributed by atoms with Gasteiger partial charge < -0.3 is 16.4 Å². The molecular formula is C16H24ClN3O2. The number of amides is 2. The van der Waals surface area contributed by atoms with Gasteiger partial charge in [-0.05, 0) is 36.1 Å². The summed E-state index contributed by atoms with van der Waals surface area (Å²) >= 11 is 5.77. The summed E-state index contributed by atoms with van der Waals surface area (Å²) in [6.45, 7) is 6.17. The van der Waals surface area contributed by atoms with Crippen LogP contribution in [0.15, 0.2) is 24.3 Å². The highest BCUT2D eigenvalue weighted by atomic mass is 35.5. The zero-order chi connectivity index (χ0) is 16.8. The number of carbonyl (C=O) groups excluding carboxylic acids is 2. The van der Waals surface area contributed by atoms with E-state index in [1.54, 1.807) is 24.3 Å². The van der Waals surface area contributed by atoms with E-state index in [9.17, 15) is 9.59 Å². The van der Waals surface area contributed by atoms with Gasteiger partial charge in [0, 0.05) is 23.7 Å². The quantitative estimate of drug-likeness (QED) is 0.703. The molecule has 0 aliphatic carbocycles. The van der Waals surface area contributed by atoms with Crippen LogP contribution in [-0.2, 0) is 9.59 Å². The van der Waals surface area contributed by atoms with Gasteiger partial charge in [0.15, 0.2) is 0 Å². The molecule has 0 unspecified atom stereocenters. The van der Waals surface area contributed by atoms with E-state index in [0.717, 1.165) is 0 Å². The predicted molar refractivity (Wildman–Crippen MR) is 89.8 cm³/mol. The molecule has 0 aliphatic heterocycles. The molecule has 5 nitrogen and oxygen atoms in total. The van der Waals surface area contributed by atoms with E-state index in [1.165, 1.54) is 0 Å². The van der Waals surface area contributed by atoms with Crippen molar-refractivity contribution in [2.45, 2.75) is 39.7 Å². The summed E-state index contributed by atoms with van der Waals surface area (Å²) in [6.07, 6.45) is 0.885. The molecule has 1 aromatic carbocycles. The van der Waals surface area contributed by atoms with Crippen molar-refractivity contribution < 1.29 is 9.59 Å². The number of rotatable bonds is 6. The maximum absolute atomic E-state index is 11.8. The van der Waals surface area contributed by atoms with Crippen molar-refractivity contribution >= 4 is 29.1 Å². The van der Waals surface area contributed by atoms with Gasteiger partial charge in [0.2, 0.25) is 11.8 Å². The van der Waals surface area contributed by atoms with Gasteiger partial charge in [-0.25, -0.2) is 0 Å². The highest BCUT2D eigenvalue weighted by Gasteiger charge is 2.26. The average molecular weight is 326 g/mol. The Morgan fingerprint density at radius 3 is 2.36 bits per heavy atom. The van der Waals surface area contributed by atoms with Crippen LogP contribution in [-0.4, -0.2) is 24.4 Å². The summed E-state index contributed by atoms with van der Waals surface area (Å²) in [5, 5.41) is 6.14. The van der Waals surface area contributed by atoms with Crippen LogP contribution in [0.25, 0.3) is 0 Å². The molecule has 0 radical (unpaired) electrons. The molecule has 0 fully saturated rings. The predicted octanol–water partition coefficient (Wildman–Crippen LogP) is 2.55. The topological polar surface area (TPSA) is 84.2 Å². The molecule has 4 N–H and O–H groups in total. The van der Waals surface area contributed by atoms with Crippen molar-refractivity contribution in [3.63, 3.8) is 0 Å². The minimum atomic E-state index is -0.560. The van der Waals surface area contributed by atoms with Crippen LogP contribution >= 0.6 is 11.6 Å². The molecule has 1 rings (SSSR count). The first-order chi connectivity index (χ1) is 10.2. The molecule has 0 aromatic heterocycles. The van der Waals surface area contributed by atoms with Crippen LogP contribution in [0.2, 0.25) is 5.02 Å². The van der Waals surface area contributed by atoms with E-state index in [2.05, 4.69) is 10.6 Å². The summed E-state index contributed by atoms with van der Waals surface area (Å²) in [4.78, 5) is 23.6. The van der Waals surface area contributed by atoms with Crippen LogP contribution < -0.4 is 16.4 Å². The first-order valence-corrected chi connectivity index (χ1v) is 7.66. The van der Waals surface area contributed by atoms with Crippen molar-refractivity contribution in [2.75, 3.05) is 11.9 Å². The van der Waals surface area contributed by atoms with Gasteiger partial charge in [-0.1, -0.05) is 32.4 Å². The monoisotopic (exact) mass is 325 g/mol. The van der Waals surface area contributed by atoms with Gasteiger partial charge in [0.05, 0.1) is 6.04 Å². The zero-order valence-corrected chi connectivity index (χ0v) is 14.0. The van der Waals surface area contributed by atoms with Crippen LogP contribution in [0.3, 0.4) is 0 Å². The third kappa shape index (κ3) is 6.45. The van der Waals surface area contributed by atoms with Crippen LogP contribution in [0, 0.1) is 5.41 Å². The Kier molecular flexibility index (Phi) is 6.84. The largest absolute Gasteiger partial charge is 0.355 e. The molecule has 0 heterocycles. The fourth-order valence-electron chi connectivity index (χ4n) is 1.72. The van der Waals surface area contributed by atoms with Crippen LogP contribution in [0.4, 0.5) is 5.69 Å². The highest BCUT2D eigenvalue weighted by Crippen LogP contribution is 2.17. The minimum Gasteiger partial charge on any atom is -0.355 e. The zero-order valence-electron chi connectivity index (χ0n) is 13.3. The normalized spacial score (nSPS) is 12.6. The molecule has 6 heteroatoms. The van der Waals surface area contributed by atoms with E-state index >= 15 is 0 Å². The second kappa shape index (κ2) is 8.15. The van der Waals surface area contributed by atoms with E-state index in [1.807, 2.05) is 20.8 Å². The van der Waals surface area contributed by atoms with Gasteiger partial charge in [-0.15, -0.1) is 0 Å². The number of hydrogen-bond acceptors (Lipinski definition) is 3. The number of hydrogen-bond donors (Lipinski definition) is 3. The van der Waals surface area contributed by atoms with Gasteiger partial charge in [0.25, 0.3) is 0 Å². The van der Waals surface area contributed by atoms with Crippen molar-refractivity contribution in [2.24, 2.45) is 11.1 Å². The van der Waals surface area contributed by atoms with Gasteiger partial charge in [-0.2, -0.15) is 0 Å².